The molecule has 1 aromatic carbocycles. The number of morpholine rings is 1. The normalized spacial score (nSPS) is 21.4. The summed E-state index contributed by atoms with van der Waals surface area (Å²) in [5.74, 6) is 0.841. The number of rotatable bonds is 4. The van der Waals surface area contributed by atoms with E-state index in [1.54, 1.807) is 6.20 Å². The van der Waals surface area contributed by atoms with Gasteiger partial charge in [0.05, 0.1) is 29.4 Å². The highest BCUT2D eigenvalue weighted by Crippen LogP contribution is 2.13. The number of nitrogens with zero attached hydrogens (tertiary/aromatic N) is 3. The van der Waals surface area contributed by atoms with E-state index in [1.165, 1.54) is 0 Å². The van der Waals surface area contributed by atoms with Gasteiger partial charge in [-0.3, -0.25) is 9.78 Å². The molecule has 1 aliphatic heterocycles. The van der Waals surface area contributed by atoms with Gasteiger partial charge in [0.15, 0.2) is 0 Å². The summed E-state index contributed by atoms with van der Waals surface area (Å²) in [5.41, 5.74) is 1.71. The minimum Gasteiger partial charge on any atom is -0.372 e. The van der Waals surface area contributed by atoms with E-state index in [1.807, 2.05) is 43.0 Å². The number of amides is 1. The Labute approximate surface area is 135 Å². The second kappa shape index (κ2) is 6.91. The fourth-order valence-electron chi connectivity index (χ4n) is 2.88. The van der Waals surface area contributed by atoms with Crippen molar-refractivity contribution in [1.82, 2.24) is 14.9 Å². The Morgan fingerprint density at radius 1 is 1.26 bits per heavy atom. The zero-order chi connectivity index (χ0) is 16.2. The quantitative estimate of drug-likeness (QED) is 0.936. The maximum Gasteiger partial charge on any atom is 0.224 e. The summed E-state index contributed by atoms with van der Waals surface area (Å²) < 4.78 is 5.65. The Morgan fingerprint density at radius 3 is 2.70 bits per heavy atom. The molecule has 1 aromatic heterocycles. The van der Waals surface area contributed by atoms with Gasteiger partial charge < -0.3 is 15.0 Å². The Bertz CT molecular complexity index is 681. The second-order valence-electron chi connectivity index (χ2n) is 5.98. The van der Waals surface area contributed by atoms with Crippen LogP contribution in [0.4, 0.5) is 5.82 Å². The minimum atomic E-state index is 0.0991. The third-order valence-corrected chi connectivity index (χ3v) is 3.87. The molecule has 1 saturated heterocycles. The van der Waals surface area contributed by atoms with Crippen molar-refractivity contribution < 1.29 is 9.53 Å². The largest absolute Gasteiger partial charge is 0.372 e. The number of carbonyl (C=O) groups excluding carboxylic acids is 1. The number of nitrogens with one attached hydrogen (secondary N) is 1. The van der Waals surface area contributed by atoms with Crippen LogP contribution in [0.15, 0.2) is 30.5 Å². The molecule has 0 radical (unpaired) electrons. The van der Waals surface area contributed by atoms with Gasteiger partial charge in [0.2, 0.25) is 5.91 Å². The maximum atomic E-state index is 12.3. The standard InChI is InChI=1S/C17H22N4O2/c1-12-10-21(11-13(2)23-12)17(22)7-8-18-16-9-19-14-5-3-4-6-15(14)20-16/h3-6,9,12-13H,7-8,10-11H2,1-2H3,(H,18,20)/t12-,13-/m0/s1. The number of hydrogen-bond acceptors (Lipinski definition) is 5. The highest BCUT2D eigenvalue weighted by Gasteiger charge is 2.25. The van der Waals surface area contributed by atoms with Gasteiger partial charge in [0.25, 0.3) is 0 Å². The number of carbonyl (C=O) groups is 1. The van der Waals surface area contributed by atoms with Gasteiger partial charge in [-0.25, -0.2) is 4.98 Å². The first-order valence-corrected chi connectivity index (χ1v) is 8.00. The maximum absolute atomic E-state index is 12.3. The number of anilines is 1. The van der Waals surface area contributed by atoms with Gasteiger partial charge in [-0.15, -0.1) is 0 Å². The molecule has 1 aliphatic rings. The van der Waals surface area contributed by atoms with Crippen molar-refractivity contribution in [1.29, 1.82) is 0 Å². The van der Waals surface area contributed by atoms with Crippen LogP contribution in [0.5, 0.6) is 0 Å². The number of benzene rings is 1. The zero-order valence-corrected chi connectivity index (χ0v) is 13.5. The number of ether oxygens (including phenoxy) is 1. The highest BCUT2D eigenvalue weighted by atomic mass is 16.5. The minimum absolute atomic E-state index is 0.0991. The molecule has 0 saturated carbocycles. The van der Waals surface area contributed by atoms with Crippen molar-refractivity contribution in [2.24, 2.45) is 0 Å². The lowest BCUT2D eigenvalue weighted by atomic mass is 10.2. The van der Waals surface area contributed by atoms with E-state index in [-0.39, 0.29) is 18.1 Å². The number of aromatic nitrogens is 2. The summed E-state index contributed by atoms with van der Waals surface area (Å²) >= 11 is 0. The smallest absolute Gasteiger partial charge is 0.224 e. The van der Waals surface area contributed by atoms with E-state index < -0.39 is 0 Å². The average molecular weight is 314 g/mol. The van der Waals surface area contributed by atoms with Crippen molar-refractivity contribution in [2.45, 2.75) is 32.5 Å². The van der Waals surface area contributed by atoms with E-state index in [0.29, 0.717) is 31.9 Å². The van der Waals surface area contributed by atoms with Gasteiger partial charge in [-0.1, -0.05) is 12.1 Å². The molecule has 6 nitrogen and oxygen atoms in total. The fourth-order valence-corrected chi connectivity index (χ4v) is 2.88. The van der Waals surface area contributed by atoms with E-state index >= 15 is 0 Å². The van der Waals surface area contributed by atoms with Crippen molar-refractivity contribution in [3.05, 3.63) is 30.5 Å². The molecule has 1 N–H and O–H groups in total. The van der Waals surface area contributed by atoms with E-state index in [2.05, 4.69) is 15.3 Å². The van der Waals surface area contributed by atoms with Crippen molar-refractivity contribution in [2.75, 3.05) is 25.0 Å². The molecule has 6 heteroatoms. The molecule has 2 heterocycles. The second-order valence-corrected chi connectivity index (χ2v) is 5.98. The molecule has 0 aliphatic carbocycles. The topological polar surface area (TPSA) is 67.4 Å². The summed E-state index contributed by atoms with van der Waals surface area (Å²) in [7, 11) is 0. The monoisotopic (exact) mass is 314 g/mol. The van der Waals surface area contributed by atoms with Crippen LogP contribution < -0.4 is 5.32 Å². The number of fused-ring (bicyclic) bond motifs is 1. The fraction of sp³-hybridized carbons (Fsp3) is 0.471. The van der Waals surface area contributed by atoms with Crippen LogP contribution in [0, 0.1) is 0 Å². The van der Waals surface area contributed by atoms with Crippen LogP contribution >= 0.6 is 0 Å². The summed E-state index contributed by atoms with van der Waals surface area (Å²) in [4.78, 5) is 23.0. The molecule has 0 spiro atoms. The Hall–Kier alpha value is -2.21. The lowest BCUT2D eigenvalue weighted by molar-refractivity contribution is -0.142. The van der Waals surface area contributed by atoms with Gasteiger partial charge >= 0.3 is 0 Å². The lowest BCUT2D eigenvalue weighted by Crippen LogP contribution is -2.48. The highest BCUT2D eigenvalue weighted by molar-refractivity contribution is 5.77. The Balaban J connectivity index is 1.52. The van der Waals surface area contributed by atoms with Crippen LogP contribution in [0.25, 0.3) is 11.0 Å². The summed E-state index contributed by atoms with van der Waals surface area (Å²) in [6.45, 7) is 5.88. The van der Waals surface area contributed by atoms with Gasteiger partial charge in [-0.05, 0) is 26.0 Å². The van der Waals surface area contributed by atoms with Crippen molar-refractivity contribution in [3.8, 4) is 0 Å². The van der Waals surface area contributed by atoms with Gasteiger partial charge in [0, 0.05) is 26.1 Å². The summed E-state index contributed by atoms with van der Waals surface area (Å²) in [5, 5.41) is 3.18. The van der Waals surface area contributed by atoms with E-state index in [4.69, 9.17) is 4.74 Å². The molecule has 2 atom stereocenters. The van der Waals surface area contributed by atoms with Crippen LogP contribution in [-0.2, 0) is 9.53 Å². The molecule has 23 heavy (non-hydrogen) atoms. The summed E-state index contributed by atoms with van der Waals surface area (Å²) in [6, 6.07) is 7.73. The SMILES string of the molecule is C[C@H]1CN(C(=O)CCNc2cnc3ccccc3n2)C[C@H](C)O1. The zero-order valence-electron chi connectivity index (χ0n) is 13.5. The molecule has 0 unspecified atom stereocenters. The summed E-state index contributed by atoms with van der Waals surface area (Å²) in [6.07, 6.45) is 2.34. The molecule has 122 valence electrons. The number of para-hydroxylation sites is 2. The molecular formula is C17H22N4O2. The lowest BCUT2D eigenvalue weighted by Gasteiger charge is -2.35. The first-order valence-electron chi connectivity index (χ1n) is 8.00. The van der Waals surface area contributed by atoms with Gasteiger partial charge in [0.1, 0.15) is 5.82 Å². The number of hydrogen-bond donors (Lipinski definition) is 1. The molecule has 1 fully saturated rings. The van der Waals surface area contributed by atoms with E-state index in [9.17, 15) is 4.79 Å². The predicted molar refractivity (Wildman–Crippen MR) is 89.2 cm³/mol. The van der Waals surface area contributed by atoms with Crippen LogP contribution in [-0.4, -0.2) is 52.6 Å². The van der Waals surface area contributed by atoms with Crippen LogP contribution in [0.2, 0.25) is 0 Å². The Kier molecular flexibility index (Phi) is 4.71. The molecule has 0 bridgehead atoms. The molecule has 1 amide bonds. The van der Waals surface area contributed by atoms with Crippen LogP contribution in [0.1, 0.15) is 20.3 Å². The predicted octanol–water partition coefficient (Wildman–Crippen LogP) is 2.07. The Morgan fingerprint density at radius 2 is 1.96 bits per heavy atom. The van der Waals surface area contributed by atoms with Crippen molar-refractivity contribution >= 4 is 22.8 Å². The molecular weight excluding hydrogens is 292 g/mol. The van der Waals surface area contributed by atoms with E-state index in [0.717, 1.165) is 11.0 Å². The van der Waals surface area contributed by atoms with Gasteiger partial charge in [-0.2, -0.15) is 0 Å². The molecule has 2 aromatic rings. The molecule has 3 rings (SSSR count). The average Bonchev–Trinajstić information content (AvgIpc) is 2.53. The first kappa shape index (κ1) is 15.7. The first-order chi connectivity index (χ1) is 11.1. The third-order valence-electron chi connectivity index (χ3n) is 3.87. The van der Waals surface area contributed by atoms with Crippen molar-refractivity contribution in [3.63, 3.8) is 0 Å². The third kappa shape index (κ3) is 3.96. The van der Waals surface area contributed by atoms with Crippen LogP contribution in [0.3, 0.4) is 0 Å².